The standard InChI is InChI=1S/C26H27N5OS/c1-20-17-23(24-18-27-31(25(24)28-20)19-22-10-6-16-33-22)26(32)30-14-12-29(13-15-30)11-5-9-21-7-3-2-4-8-21/h2-10,16-18H,11-15,19H2,1H3/b9-5+. The molecule has 0 unspecified atom stereocenters. The Labute approximate surface area is 197 Å². The van der Waals surface area contributed by atoms with Gasteiger partial charge in [-0.3, -0.25) is 9.69 Å². The SMILES string of the molecule is Cc1cc(C(=O)N2CCN(C/C=C/c3ccccc3)CC2)c2cnn(Cc3cccs3)c2n1. The molecule has 4 heterocycles. The van der Waals surface area contributed by atoms with Crippen LogP contribution in [0.3, 0.4) is 0 Å². The number of rotatable bonds is 6. The molecule has 33 heavy (non-hydrogen) atoms. The lowest BCUT2D eigenvalue weighted by Crippen LogP contribution is -2.48. The van der Waals surface area contributed by atoms with E-state index in [1.54, 1.807) is 17.5 Å². The van der Waals surface area contributed by atoms with Crippen molar-refractivity contribution in [3.63, 3.8) is 0 Å². The van der Waals surface area contributed by atoms with Crippen molar-refractivity contribution < 1.29 is 4.79 Å². The summed E-state index contributed by atoms with van der Waals surface area (Å²) in [7, 11) is 0. The van der Waals surface area contributed by atoms with Crippen molar-refractivity contribution in [3.8, 4) is 0 Å². The number of hydrogen-bond donors (Lipinski definition) is 0. The highest BCUT2D eigenvalue weighted by atomic mass is 32.1. The molecule has 4 aromatic rings. The molecule has 0 N–H and O–H groups in total. The number of amides is 1. The summed E-state index contributed by atoms with van der Waals surface area (Å²) in [5, 5.41) is 7.43. The molecule has 1 saturated heterocycles. The number of fused-ring (bicyclic) bond motifs is 1. The monoisotopic (exact) mass is 457 g/mol. The first kappa shape index (κ1) is 21.6. The molecule has 1 amide bonds. The van der Waals surface area contributed by atoms with Crippen molar-refractivity contribution in [2.75, 3.05) is 32.7 Å². The van der Waals surface area contributed by atoms with E-state index < -0.39 is 0 Å². The maximum Gasteiger partial charge on any atom is 0.254 e. The molecule has 0 radical (unpaired) electrons. The number of hydrogen-bond acceptors (Lipinski definition) is 5. The molecule has 5 rings (SSSR count). The molecule has 7 heteroatoms. The molecule has 1 fully saturated rings. The second-order valence-electron chi connectivity index (χ2n) is 8.34. The van der Waals surface area contributed by atoms with E-state index in [1.807, 2.05) is 46.8 Å². The van der Waals surface area contributed by atoms with E-state index in [0.29, 0.717) is 12.1 Å². The van der Waals surface area contributed by atoms with Crippen LogP contribution in [0, 0.1) is 6.92 Å². The Morgan fingerprint density at radius 1 is 1.09 bits per heavy atom. The molecule has 0 saturated carbocycles. The van der Waals surface area contributed by atoms with Crippen LogP contribution in [0.25, 0.3) is 17.1 Å². The Balaban J connectivity index is 1.26. The first-order chi connectivity index (χ1) is 16.2. The highest BCUT2D eigenvalue weighted by Gasteiger charge is 2.24. The van der Waals surface area contributed by atoms with Gasteiger partial charge in [-0.15, -0.1) is 11.3 Å². The highest BCUT2D eigenvalue weighted by Crippen LogP contribution is 2.22. The van der Waals surface area contributed by atoms with Gasteiger partial charge < -0.3 is 4.90 Å². The third kappa shape index (κ3) is 4.89. The molecular weight excluding hydrogens is 430 g/mol. The lowest BCUT2D eigenvalue weighted by Gasteiger charge is -2.34. The number of carbonyl (C=O) groups is 1. The summed E-state index contributed by atoms with van der Waals surface area (Å²) >= 11 is 1.70. The minimum absolute atomic E-state index is 0.0700. The predicted molar refractivity (Wildman–Crippen MR) is 134 cm³/mol. The van der Waals surface area contributed by atoms with Gasteiger partial charge >= 0.3 is 0 Å². The Morgan fingerprint density at radius 3 is 2.67 bits per heavy atom. The van der Waals surface area contributed by atoms with Gasteiger partial charge in [-0.25, -0.2) is 9.67 Å². The average Bonchev–Trinajstić information content (AvgIpc) is 3.50. The second-order valence-corrected chi connectivity index (χ2v) is 9.37. The molecule has 0 atom stereocenters. The number of nitrogens with zero attached hydrogens (tertiary/aromatic N) is 5. The summed E-state index contributed by atoms with van der Waals surface area (Å²) in [6, 6.07) is 16.4. The minimum Gasteiger partial charge on any atom is -0.336 e. The van der Waals surface area contributed by atoms with Gasteiger partial charge in [-0.2, -0.15) is 5.10 Å². The summed E-state index contributed by atoms with van der Waals surface area (Å²) in [6.45, 7) is 6.70. The zero-order valence-electron chi connectivity index (χ0n) is 18.7. The summed E-state index contributed by atoms with van der Waals surface area (Å²) in [5.41, 5.74) is 3.52. The Morgan fingerprint density at radius 2 is 1.91 bits per heavy atom. The van der Waals surface area contributed by atoms with Gasteiger partial charge in [0.15, 0.2) is 5.65 Å². The van der Waals surface area contributed by atoms with Gasteiger partial charge in [-0.05, 0) is 30.0 Å². The molecule has 3 aromatic heterocycles. The Kier molecular flexibility index (Phi) is 6.32. The van der Waals surface area contributed by atoms with Crippen molar-refractivity contribution >= 4 is 34.4 Å². The maximum atomic E-state index is 13.4. The molecule has 0 spiro atoms. The molecule has 1 aliphatic rings. The van der Waals surface area contributed by atoms with Gasteiger partial charge in [-0.1, -0.05) is 48.6 Å². The number of aryl methyl sites for hydroxylation is 1. The molecule has 1 aliphatic heterocycles. The smallest absolute Gasteiger partial charge is 0.254 e. The number of pyridine rings is 1. The van der Waals surface area contributed by atoms with Gasteiger partial charge in [0.1, 0.15) is 0 Å². The normalized spacial score (nSPS) is 15.0. The van der Waals surface area contributed by atoms with Gasteiger partial charge in [0.25, 0.3) is 5.91 Å². The van der Waals surface area contributed by atoms with Gasteiger partial charge in [0.2, 0.25) is 0 Å². The first-order valence-corrected chi connectivity index (χ1v) is 12.1. The quantitative estimate of drug-likeness (QED) is 0.433. The van der Waals surface area contributed by atoms with Gasteiger partial charge in [0.05, 0.1) is 23.7 Å². The van der Waals surface area contributed by atoms with E-state index in [4.69, 9.17) is 4.98 Å². The highest BCUT2D eigenvalue weighted by molar-refractivity contribution is 7.09. The van der Waals surface area contributed by atoms with E-state index in [2.05, 4.69) is 45.7 Å². The van der Waals surface area contributed by atoms with Crippen molar-refractivity contribution in [1.29, 1.82) is 0 Å². The van der Waals surface area contributed by atoms with E-state index in [9.17, 15) is 4.79 Å². The molecule has 0 bridgehead atoms. The third-order valence-electron chi connectivity index (χ3n) is 5.99. The molecule has 6 nitrogen and oxygen atoms in total. The van der Waals surface area contributed by atoms with Gasteiger partial charge in [0, 0.05) is 43.3 Å². The lowest BCUT2D eigenvalue weighted by molar-refractivity contribution is 0.0652. The fourth-order valence-corrected chi connectivity index (χ4v) is 4.91. The van der Waals surface area contributed by atoms with Crippen LogP contribution in [0.4, 0.5) is 0 Å². The lowest BCUT2D eigenvalue weighted by atomic mass is 10.1. The average molecular weight is 458 g/mol. The third-order valence-corrected chi connectivity index (χ3v) is 6.85. The maximum absolute atomic E-state index is 13.4. The second kappa shape index (κ2) is 9.68. The van der Waals surface area contributed by atoms with Crippen LogP contribution in [-0.4, -0.2) is 63.2 Å². The molecule has 0 aliphatic carbocycles. The number of carbonyl (C=O) groups excluding carboxylic acids is 1. The summed E-state index contributed by atoms with van der Waals surface area (Å²) in [6.07, 6.45) is 6.14. The minimum atomic E-state index is 0.0700. The zero-order chi connectivity index (χ0) is 22.6. The largest absolute Gasteiger partial charge is 0.336 e. The number of thiophene rings is 1. The molecule has 168 valence electrons. The van der Waals surface area contributed by atoms with Crippen molar-refractivity contribution in [2.24, 2.45) is 0 Å². The van der Waals surface area contributed by atoms with Crippen molar-refractivity contribution in [3.05, 3.63) is 87.9 Å². The summed E-state index contributed by atoms with van der Waals surface area (Å²) < 4.78 is 1.89. The van der Waals surface area contributed by atoms with Crippen LogP contribution in [0.5, 0.6) is 0 Å². The number of piperazine rings is 1. The zero-order valence-corrected chi connectivity index (χ0v) is 19.5. The van der Waals surface area contributed by atoms with Crippen molar-refractivity contribution in [2.45, 2.75) is 13.5 Å². The molecular formula is C26H27N5OS. The predicted octanol–water partition coefficient (Wildman–Crippen LogP) is 4.32. The van der Waals surface area contributed by atoms with E-state index in [-0.39, 0.29) is 5.91 Å². The van der Waals surface area contributed by atoms with E-state index in [0.717, 1.165) is 49.5 Å². The Hall–Kier alpha value is -3.29. The van der Waals surface area contributed by atoms with Crippen LogP contribution in [0.2, 0.25) is 0 Å². The van der Waals surface area contributed by atoms with E-state index in [1.165, 1.54) is 10.4 Å². The molecule has 1 aromatic carbocycles. The van der Waals surface area contributed by atoms with E-state index >= 15 is 0 Å². The summed E-state index contributed by atoms with van der Waals surface area (Å²) in [5.74, 6) is 0.0700. The summed E-state index contributed by atoms with van der Waals surface area (Å²) in [4.78, 5) is 23.7. The topological polar surface area (TPSA) is 54.3 Å². The van der Waals surface area contributed by atoms with Crippen LogP contribution in [-0.2, 0) is 6.54 Å². The van der Waals surface area contributed by atoms with Crippen LogP contribution in [0.1, 0.15) is 26.5 Å². The number of benzene rings is 1. The van der Waals surface area contributed by atoms with Crippen LogP contribution in [0.15, 0.2) is 66.2 Å². The fourth-order valence-electron chi connectivity index (χ4n) is 4.22. The fraction of sp³-hybridized carbons (Fsp3) is 0.269. The number of aromatic nitrogens is 3. The first-order valence-electron chi connectivity index (χ1n) is 11.3. The van der Waals surface area contributed by atoms with Crippen LogP contribution >= 0.6 is 11.3 Å². The van der Waals surface area contributed by atoms with Crippen molar-refractivity contribution in [1.82, 2.24) is 24.6 Å². The Bertz CT molecular complexity index is 1250. The van der Waals surface area contributed by atoms with Crippen LogP contribution < -0.4 is 0 Å².